The Labute approximate surface area is 104 Å². The highest BCUT2D eigenvalue weighted by Crippen LogP contribution is 2.44. The molecule has 0 heterocycles. The lowest BCUT2D eigenvalue weighted by Crippen LogP contribution is -2.40. The van der Waals surface area contributed by atoms with Crippen molar-refractivity contribution in [3.8, 4) is 0 Å². The molecule has 0 bridgehead atoms. The van der Waals surface area contributed by atoms with Gasteiger partial charge >= 0.3 is 0 Å². The van der Waals surface area contributed by atoms with Crippen molar-refractivity contribution in [1.29, 1.82) is 0 Å². The van der Waals surface area contributed by atoms with E-state index in [4.69, 9.17) is 0 Å². The van der Waals surface area contributed by atoms with Gasteiger partial charge < -0.3 is 0 Å². The zero-order valence-electron chi connectivity index (χ0n) is 10.2. The lowest BCUT2D eigenvalue weighted by atomic mass is 9.76. The molecule has 5 heteroatoms. The summed E-state index contributed by atoms with van der Waals surface area (Å²) in [5, 5.41) is 0. The highest BCUT2D eigenvalue weighted by atomic mass is 19.3. The Bertz CT molecular complexity index is 309. The van der Waals surface area contributed by atoms with Crippen LogP contribution in [0, 0.1) is 11.8 Å². The summed E-state index contributed by atoms with van der Waals surface area (Å²) < 4.78 is 51.0. The van der Waals surface area contributed by atoms with Crippen molar-refractivity contribution in [2.45, 2.75) is 63.2 Å². The molecule has 0 saturated heterocycles. The van der Waals surface area contributed by atoms with E-state index in [0.717, 1.165) is 0 Å². The van der Waals surface area contributed by atoms with E-state index in [2.05, 4.69) is 0 Å². The van der Waals surface area contributed by atoms with Gasteiger partial charge in [0.1, 0.15) is 5.78 Å². The highest BCUT2D eigenvalue weighted by molar-refractivity contribution is 5.82. The van der Waals surface area contributed by atoms with Crippen molar-refractivity contribution in [2.24, 2.45) is 11.8 Å². The summed E-state index contributed by atoms with van der Waals surface area (Å²) in [6.07, 6.45) is 0.889. The molecule has 2 saturated carbocycles. The third-order valence-electron chi connectivity index (χ3n) is 4.18. The molecule has 0 aromatic carbocycles. The van der Waals surface area contributed by atoms with Crippen LogP contribution in [0.15, 0.2) is 0 Å². The van der Waals surface area contributed by atoms with Gasteiger partial charge in [-0.15, -0.1) is 0 Å². The quantitative estimate of drug-likeness (QED) is 0.697. The first-order chi connectivity index (χ1) is 8.27. The number of hydrogen-bond acceptors (Lipinski definition) is 1. The Hall–Kier alpha value is -0.610. The molecule has 2 rings (SSSR count). The van der Waals surface area contributed by atoms with Crippen molar-refractivity contribution in [3.05, 3.63) is 0 Å². The van der Waals surface area contributed by atoms with Gasteiger partial charge in [-0.3, -0.25) is 4.79 Å². The van der Waals surface area contributed by atoms with Gasteiger partial charge in [0.25, 0.3) is 0 Å². The topological polar surface area (TPSA) is 17.1 Å². The minimum Gasteiger partial charge on any atom is -0.299 e. The summed E-state index contributed by atoms with van der Waals surface area (Å²) in [5.41, 5.74) is 0. The number of alkyl halides is 4. The molecule has 0 N–H and O–H groups in total. The van der Waals surface area contributed by atoms with Gasteiger partial charge in [-0.25, -0.2) is 17.6 Å². The van der Waals surface area contributed by atoms with Crippen LogP contribution in [0.4, 0.5) is 17.6 Å². The Balaban J connectivity index is 1.65. The Kier molecular flexibility index (Phi) is 3.70. The molecule has 2 aliphatic carbocycles. The molecular weight excluding hydrogens is 248 g/mol. The average Bonchev–Trinajstić information content (AvgIpc) is 2.24. The smallest absolute Gasteiger partial charge is 0.249 e. The van der Waals surface area contributed by atoms with Crippen molar-refractivity contribution in [1.82, 2.24) is 0 Å². The zero-order chi connectivity index (χ0) is 13.4. The molecule has 2 aliphatic rings. The van der Waals surface area contributed by atoms with E-state index in [-0.39, 0.29) is 43.8 Å². The van der Waals surface area contributed by atoms with Crippen molar-refractivity contribution < 1.29 is 22.4 Å². The van der Waals surface area contributed by atoms with Crippen LogP contribution in [0.5, 0.6) is 0 Å². The second-order valence-electron chi connectivity index (χ2n) is 5.77. The van der Waals surface area contributed by atoms with Crippen LogP contribution in [0.3, 0.4) is 0 Å². The SMILES string of the molecule is O=C(CCC1CCC(F)(F)CC1)C1CC(F)(F)C1. The number of carbonyl (C=O) groups is 1. The number of carbonyl (C=O) groups excluding carboxylic acids is 1. The van der Waals surface area contributed by atoms with Gasteiger partial charge in [-0.05, 0) is 25.2 Å². The third kappa shape index (κ3) is 3.45. The molecule has 0 spiro atoms. The van der Waals surface area contributed by atoms with Gasteiger partial charge in [-0.2, -0.15) is 0 Å². The molecule has 0 aliphatic heterocycles. The van der Waals surface area contributed by atoms with Crippen molar-refractivity contribution in [3.63, 3.8) is 0 Å². The van der Waals surface area contributed by atoms with Crippen LogP contribution in [0.1, 0.15) is 51.4 Å². The first-order valence-electron chi connectivity index (χ1n) is 6.56. The van der Waals surface area contributed by atoms with Gasteiger partial charge in [0.05, 0.1) is 0 Å². The Morgan fingerprint density at radius 2 is 1.56 bits per heavy atom. The van der Waals surface area contributed by atoms with Crippen LogP contribution >= 0.6 is 0 Å². The highest BCUT2D eigenvalue weighted by Gasteiger charge is 2.48. The number of ketones is 1. The van der Waals surface area contributed by atoms with E-state index in [1.165, 1.54) is 0 Å². The van der Waals surface area contributed by atoms with Crippen LogP contribution in [-0.2, 0) is 4.79 Å². The normalized spacial score (nSPS) is 27.8. The molecule has 18 heavy (non-hydrogen) atoms. The van der Waals surface area contributed by atoms with Gasteiger partial charge in [-0.1, -0.05) is 0 Å². The van der Waals surface area contributed by atoms with E-state index in [1.807, 2.05) is 0 Å². The molecule has 104 valence electrons. The fraction of sp³-hybridized carbons (Fsp3) is 0.923. The zero-order valence-corrected chi connectivity index (χ0v) is 10.2. The fourth-order valence-corrected chi connectivity index (χ4v) is 2.83. The van der Waals surface area contributed by atoms with Crippen LogP contribution < -0.4 is 0 Å². The van der Waals surface area contributed by atoms with Gasteiger partial charge in [0.15, 0.2) is 0 Å². The monoisotopic (exact) mass is 266 g/mol. The molecule has 0 aromatic rings. The van der Waals surface area contributed by atoms with Gasteiger partial charge in [0.2, 0.25) is 11.8 Å². The molecule has 1 nitrogen and oxygen atoms in total. The third-order valence-corrected chi connectivity index (χ3v) is 4.18. The molecule has 2 fully saturated rings. The van der Waals surface area contributed by atoms with Gasteiger partial charge in [0, 0.05) is 38.0 Å². The van der Waals surface area contributed by atoms with Crippen LogP contribution in [-0.4, -0.2) is 17.6 Å². The second kappa shape index (κ2) is 4.82. The number of halogens is 4. The summed E-state index contributed by atoms with van der Waals surface area (Å²) in [5.74, 6) is -5.65. The largest absolute Gasteiger partial charge is 0.299 e. The van der Waals surface area contributed by atoms with E-state index in [0.29, 0.717) is 19.3 Å². The molecule has 0 unspecified atom stereocenters. The maximum absolute atomic E-state index is 12.9. The molecule has 0 aromatic heterocycles. The maximum Gasteiger partial charge on any atom is 0.249 e. The van der Waals surface area contributed by atoms with E-state index < -0.39 is 17.8 Å². The van der Waals surface area contributed by atoms with E-state index in [9.17, 15) is 22.4 Å². The molecule has 0 atom stereocenters. The summed E-state index contributed by atoms with van der Waals surface area (Å²) in [7, 11) is 0. The Morgan fingerprint density at radius 3 is 2.06 bits per heavy atom. The lowest BCUT2D eigenvalue weighted by molar-refractivity contribution is -0.148. The number of rotatable bonds is 4. The number of hydrogen-bond donors (Lipinski definition) is 0. The predicted octanol–water partition coefficient (Wildman–Crippen LogP) is 4.21. The summed E-state index contributed by atoms with van der Waals surface area (Å²) in [6.45, 7) is 0. The van der Waals surface area contributed by atoms with E-state index in [1.54, 1.807) is 0 Å². The van der Waals surface area contributed by atoms with Crippen molar-refractivity contribution in [2.75, 3.05) is 0 Å². The molecule has 0 amide bonds. The lowest BCUT2D eigenvalue weighted by Gasteiger charge is -2.34. The first kappa shape index (κ1) is 13.8. The minimum absolute atomic E-state index is 0.104. The fourth-order valence-electron chi connectivity index (χ4n) is 2.83. The predicted molar refractivity (Wildman–Crippen MR) is 58.8 cm³/mol. The number of Topliss-reactive ketones (excluding diaryl/α,β-unsaturated/α-hetero) is 1. The summed E-state index contributed by atoms with van der Waals surface area (Å²) >= 11 is 0. The first-order valence-corrected chi connectivity index (χ1v) is 6.56. The van der Waals surface area contributed by atoms with Crippen LogP contribution in [0.2, 0.25) is 0 Å². The average molecular weight is 266 g/mol. The Morgan fingerprint density at radius 1 is 1.00 bits per heavy atom. The maximum atomic E-state index is 12.9. The standard InChI is InChI=1S/C13H18F4O/c14-12(15)5-3-9(4-6-12)1-2-11(18)10-7-13(16,17)8-10/h9-10H,1-8H2. The van der Waals surface area contributed by atoms with Crippen molar-refractivity contribution >= 4 is 5.78 Å². The van der Waals surface area contributed by atoms with Crippen LogP contribution in [0.25, 0.3) is 0 Å². The molecule has 0 radical (unpaired) electrons. The second-order valence-corrected chi connectivity index (χ2v) is 5.77. The van der Waals surface area contributed by atoms with E-state index >= 15 is 0 Å². The minimum atomic E-state index is -2.66. The summed E-state index contributed by atoms with van der Waals surface area (Å²) in [6, 6.07) is 0. The summed E-state index contributed by atoms with van der Waals surface area (Å²) in [4.78, 5) is 11.6. The molecular formula is C13H18F4O.